The summed E-state index contributed by atoms with van der Waals surface area (Å²) in [4.78, 5) is 36.9. The number of hydrogen-bond donors (Lipinski definition) is 1. The molecule has 27 heavy (non-hydrogen) atoms. The average molecular weight is 378 g/mol. The quantitative estimate of drug-likeness (QED) is 0.544. The fraction of sp³-hybridized carbons (Fsp3) is 0.526. The molecular formula is C19H26N2O6. The van der Waals surface area contributed by atoms with Gasteiger partial charge in [-0.25, -0.2) is 4.79 Å². The van der Waals surface area contributed by atoms with Gasteiger partial charge >= 0.3 is 12.1 Å². The number of amides is 2. The Labute approximate surface area is 158 Å². The molecule has 1 aromatic carbocycles. The fourth-order valence-corrected chi connectivity index (χ4v) is 2.70. The highest BCUT2D eigenvalue weighted by Crippen LogP contribution is 2.11. The number of nitrogens with one attached hydrogen (secondary N) is 1. The van der Waals surface area contributed by atoms with Crippen LogP contribution in [-0.4, -0.2) is 62.3 Å². The lowest BCUT2D eigenvalue weighted by molar-refractivity contribution is -0.150. The second-order valence-corrected chi connectivity index (χ2v) is 6.20. The summed E-state index contributed by atoms with van der Waals surface area (Å²) >= 11 is 0. The van der Waals surface area contributed by atoms with Gasteiger partial charge in [0.1, 0.15) is 6.61 Å². The Morgan fingerprint density at radius 2 is 2.04 bits per heavy atom. The highest BCUT2D eigenvalue weighted by atomic mass is 16.5. The van der Waals surface area contributed by atoms with E-state index < -0.39 is 6.09 Å². The number of carbonyl (C=O) groups is 3. The van der Waals surface area contributed by atoms with Crippen LogP contribution in [0.3, 0.4) is 0 Å². The predicted molar refractivity (Wildman–Crippen MR) is 96.8 cm³/mol. The summed E-state index contributed by atoms with van der Waals surface area (Å²) in [6, 6.07) is 9.41. The Morgan fingerprint density at radius 1 is 1.26 bits per heavy atom. The molecule has 0 bridgehead atoms. The molecular weight excluding hydrogens is 352 g/mol. The van der Waals surface area contributed by atoms with E-state index in [1.165, 1.54) is 7.11 Å². The first kappa shape index (κ1) is 20.7. The van der Waals surface area contributed by atoms with Crippen molar-refractivity contribution < 1.29 is 28.6 Å². The highest BCUT2D eigenvalue weighted by molar-refractivity contribution is 5.76. The molecule has 148 valence electrons. The van der Waals surface area contributed by atoms with E-state index >= 15 is 0 Å². The van der Waals surface area contributed by atoms with Crippen molar-refractivity contribution >= 4 is 18.0 Å². The summed E-state index contributed by atoms with van der Waals surface area (Å²) in [6.07, 6.45) is 0.120. The van der Waals surface area contributed by atoms with Crippen molar-refractivity contribution in [2.24, 2.45) is 0 Å². The molecule has 1 atom stereocenters. The maximum Gasteiger partial charge on any atom is 0.407 e. The van der Waals surface area contributed by atoms with Gasteiger partial charge in [-0.1, -0.05) is 30.3 Å². The average Bonchev–Trinajstić information content (AvgIpc) is 2.70. The van der Waals surface area contributed by atoms with E-state index in [1.807, 2.05) is 30.3 Å². The summed E-state index contributed by atoms with van der Waals surface area (Å²) in [5, 5.41) is 2.64. The van der Waals surface area contributed by atoms with Gasteiger partial charge in [0.25, 0.3) is 0 Å². The van der Waals surface area contributed by atoms with Crippen LogP contribution in [-0.2, 0) is 30.4 Å². The monoisotopic (exact) mass is 378 g/mol. The van der Waals surface area contributed by atoms with E-state index in [0.717, 1.165) is 5.56 Å². The topological polar surface area (TPSA) is 94.2 Å². The molecule has 1 N–H and O–H groups in total. The molecule has 2 rings (SSSR count). The van der Waals surface area contributed by atoms with Crippen molar-refractivity contribution in [3.05, 3.63) is 35.9 Å². The molecule has 1 saturated heterocycles. The lowest BCUT2D eigenvalue weighted by atomic mass is 10.2. The molecule has 0 aliphatic carbocycles. The molecule has 1 aliphatic rings. The van der Waals surface area contributed by atoms with E-state index in [-0.39, 0.29) is 31.0 Å². The van der Waals surface area contributed by atoms with Gasteiger partial charge in [-0.15, -0.1) is 0 Å². The molecule has 2 amide bonds. The molecule has 8 nitrogen and oxygen atoms in total. The Hall–Kier alpha value is -2.61. The van der Waals surface area contributed by atoms with Crippen LogP contribution in [0.2, 0.25) is 0 Å². The van der Waals surface area contributed by atoms with Crippen LogP contribution in [0.25, 0.3) is 0 Å². The van der Waals surface area contributed by atoms with Crippen LogP contribution >= 0.6 is 0 Å². The first-order valence-corrected chi connectivity index (χ1v) is 8.99. The molecule has 0 unspecified atom stereocenters. The summed E-state index contributed by atoms with van der Waals surface area (Å²) < 4.78 is 15.2. The van der Waals surface area contributed by atoms with Gasteiger partial charge in [0.15, 0.2) is 0 Å². The van der Waals surface area contributed by atoms with E-state index in [9.17, 15) is 14.4 Å². The third-order valence-corrected chi connectivity index (χ3v) is 4.16. The van der Waals surface area contributed by atoms with Crippen molar-refractivity contribution in [1.29, 1.82) is 0 Å². The summed E-state index contributed by atoms with van der Waals surface area (Å²) in [5.74, 6) is -0.375. The van der Waals surface area contributed by atoms with Crippen molar-refractivity contribution in [2.75, 3.05) is 33.4 Å². The molecule has 1 fully saturated rings. The Kier molecular flexibility index (Phi) is 8.57. The van der Waals surface area contributed by atoms with Crippen LogP contribution in [0.15, 0.2) is 30.3 Å². The number of hydrogen-bond acceptors (Lipinski definition) is 6. The minimum atomic E-state index is -0.504. The predicted octanol–water partition coefficient (Wildman–Crippen LogP) is 1.48. The zero-order valence-electron chi connectivity index (χ0n) is 15.5. The van der Waals surface area contributed by atoms with Gasteiger partial charge in [-0.3, -0.25) is 9.59 Å². The van der Waals surface area contributed by atoms with Crippen LogP contribution in [0.1, 0.15) is 24.8 Å². The van der Waals surface area contributed by atoms with Crippen LogP contribution in [0, 0.1) is 0 Å². The fourth-order valence-electron chi connectivity index (χ4n) is 2.70. The first-order valence-electron chi connectivity index (χ1n) is 8.99. The number of morpholine rings is 1. The number of alkyl carbamates (subject to hydrolysis) is 1. The molecule has 8 heteroatoms. The van der Waals surface area contributed by atoms with Gasteiger partial charge in [0.2, 0.25) is 5.91 Å². The van der Waals surface area contributed by atoms with E-state index in [2.05, 4.69) is 10.1 Å². The Balaban J connectivity index is 1.59. The maximum absolute atomic E-state index is 12.3. The number of methoxy groups -OCH3 is 1. The van der Waals surface area contributed by atoms with Crippen molar-refractivity contribution in [2.45, 2.75) is 32.0 Å². The van der Waals surface area contributed by atoms with Crippen molar-refractivity contribution in [3.8, 4) is 0 Å². The maximum atomic E-state index is 12.3. The summed E-state index contributed by atoms with van der Waals surface area (Å²) in [7, 11) is 1.33. The SMILES string of the molecule is COC(=O)C[C@@H]1CN(C(=O)CCCNC(=O)OCc2ccccc2)CCO1. The Morgan fingerprint density at radius 3 is 2.78 bits per heavy atom. The molecule has 0 aromatic heterocycles. The number of benzene rings is 1. The third-order valence-electron chi connectivity index (χ3n) is 4.16. The largest absolute Gasteiger partial charge is 0.469 e. The van der Waals surface area contributed by atoms with Crippen molar-refractivity contribution in [3.63, 3.8) is 0 Å². The molecule has 0 spiro atoms. The van der Waals surface area contributed by atoms with E-state index in [0.29, 0.717) is 39.1 Å². The number of rotatable bonds is 8. The van der Waals surface area contributed by atoms with Gasteiger partial charge in [0, 0.05) is 26.1 Å². The molecule has 1 heterocycles. The smallest absolute Gasteiger partial charge is 0.407 e. The minimum Gasteiger partial charge on any atom is -0.469 e. The van der Waals surface area contributed by atoms with E-state index in [1.54, 1.807) is 4.90 Å². The zero-order chi connectivity index (χ0) is 19.5. The summed E-state index contributed by atoms with van der Waals surface area (Å²) in [6.45, 7) is 1.84. The summed E-state index contributed by atoms with van der Waals surface area (Å²) in [5.41, 5.74) is 0.914. The standard InChI is InChI=1S/C19H26N2O6/c1-25-18(23)12-16-13-21(10-11-26-16)17(22)8-5-9-20-19(24)27-14-15-6-3-2-4-7-15/h2-4,6-7,16H,5,8-14H2,1H3,(H,20,24)/t16-/m1/s1. The molecule has 1 aliphatic heterocycles. The lowest BCUT2D eigenvalue weighted by Gasteiger charge is -2.32. The number of carbonyl (C=O) groups excluding carboxylic acids is 3. The normalized spacial score (nSPS) is 16.5. The molecule has 0 radical (unpaired) electrons. The molecule has 1 aromatic rings. The van der Waals surface area contributed by atoms with Crippen LogP contribution < -0.4 is 5.32 Å². The first-order chi connectivity index (χ1) is 13.1. The second-order valence-electron chi connectivity index (χ2n) is 6.20. The minimum absolute atomic E-state index is 0.0207. The molecule has 0 saturated carbocycles. The number of esters is 1. The van der Waals surface area contributed by atoms with Crippen molar-refractivity contribution in [1.82, 2.24) is 10.2 Å². The van der Waals surface area contributed by atoms with Gasteiger partial charge < -0.3 is 24.4 Å². The second kappa shape index (κ2) is 11.2. The van der Waals surface area contributed by atoms with Gasteiger partial charge in [0.05, 0.1) is 26.2 Å². The third kappa shape index (κ3) is 7.65. The highest BCUT2D eigenvalue weighted by Gasteiger charge is 2.25. The lowest BCUT2D eigenvalue weighted by Crippen LogP contribution is -2.46. The van der Waals surface area contributed by atoms with Gasteiger partial charge in [-0.2, -0.15) is 0 Å². The van der Waals surface area contributed by atoms with Crippen LogP contribution in [0.5, 0.6) is 0 Å². The number of nitrogens with zero attached hydrogens (tertiary/aromatic N) is 1. The van der Waals surface area contributed by atoms with E-state index in [4.69, 9.17) is 9.47 Å². The zero-order valence-corrected chi connectivity index (χ0v) is 15.5. The van der Waals surface area contributed by atoms with Crippen LogP contribution in [0.4, 0.5) is 4.79 Å². The number of ether oxygens (including phenoxy) is 3. The Bertz CT molecular complexity index is 622. The van der Waals surface area contributed by atoms with Gasteiger partial charge in [-0.05, 0) is 12.0 Å².